The van der Waals surface area contributed by atoms with E-state index in [1.54, 1.807) is 0 Å². The van der Waals surface area contributed by atoms with Crippen molar-refractivity contribution >= 4 is 0 Å². The van der Waals surface area contributed by atoms with E-state index in [1.807, 2.05) is 7.11 Å². The quantitative estimate of drug-likeness (QED) is 0.799. The smallest absolute Gasteiger partial charge is 0.0599 e. The second-order valence-corrected chi connectivity index (χ2v) is 5.75. The van der Waals surface area contributed by atoms with E-state index < -0.39 is 0 Å². The molecule has 0 aromatic carbocycles. The molecule has 1 saturated heterocycles. The Kier molecular flexibility index (Phi) is 5.26. The fourth-order valence-corrected chi connectivity index (χ4v) is 3.46. The molecule has 2 fully saturated rings. The SMILES string of the molecule is COC1CCN(CCC2CCCC2)C(CN)C1. The van der Waals surface area contributed by atoms with Gasteiger partial charge in [0, 0.05) is 26.2 Å². The van der Waals surface area contributed by atoms with E-state index >= 15 is 0 Å². The summed E-state index contributed by atoms with van der Waals surface area (Å²) in [6.07, 6.45) is 9.95. The van der Waals surface area contributed by atoms with Crippen LogP contribution in [0, 0.1) is 5.92 Å². The van der Waals surface area contributed by atoms with E-state index in [9.17, 15) is 0 Å². The van der Waals surface area contributed by atoms with Crippen molar-refractivity contribution in [3.05, 3.63) is 0 Å². The molecule has 0 spiro atoms. The minimum Gasteiger partial charge on any atom is -0.381 e. The summed E-state index contributed by atoms with van der Waals surface area (Å²) in [7, 11) is 1.83. The average molecular weight is 240 g/mol. The van der Waals surface area contributed by atoms with Gasteiger partial charge in [-0.15, -0.1) is 0 Å². The second-order valence-electron chi connectivity index (χ2n) is 5.75. The summed E-state index contributed by atoms with van der Waals surface area (Å²) >= 11 is 0. The lowest BCUT2D eigenvalue weighted by atomic mass is 9.97. The number of nitrogens with zero attached hydrogens (tertiary/aromatic N) is 1. The molecule has 1 heterocycles. The molecule has 1 aliphatic carbocycles. The van der Waals surface area contributed by atoms with Crippen LogP contribution in [0.3, 0.4) is 0 Å². The number of methoxy groups -OCH3 is 1. The maximum Gasteiger partial charge on any atom is 0.0599 e. The number of rotatable bonds is 5. The minimum absolute atomic E-state index is 0.436. The Labute approximate surface area is 106 Å². The van der Waals surface area contributed by atoms with Crippen molar-refractivity contribution in [3.63, 3.8) is 0 Å². The van der Waals surface area contributed by atoms with Gasteiger partial charge in [-0.3, -0.25) is 4.90 Å². The van der Waals surface area contributed by atoms with Crippen molar-refractivity contribution < 1.29 is 4.74 Å². The van der Waals surface area contributed by atoms with Gasteiger partial charge < -0.3 is 10.5 Å². The van der Waals surface area contributed by atoms with Gasteiger partial charge in [-0.25, -0.2) is 0 Å². The molecule has 2 atom stereocenters. The van der Waals surface area contributed by atoms with Gasteiger partial charge in [-0.2, -0.15) is 0 Å². The number of nitrogens with two attached hydrogens (primary N) is 1. The zero-order valence-corrected chi connectivity index (χ0v) is 11.2. The second kappa shape index (κ2) is 6.72. The van der Waals surface area contributed by atoms with Gasteiger partial charge in [0.25, 0.3) is 0 Å². The van der Waals surface area contributed by atoms with Gasteiger partial charge in [0.2, 0.25) is 0 Å². The van der Waals surface area contributed by atoms with Crippen LogP contribution in [0.5, 0.6) is 0 Å². The van der Waals surface area contributed by atoms with Crippen LogP contribution in [0.4, 0.5) is 0 Å². The Balaban J connectivity index is 1.74. The van der Waals surface area contributed by atoms with Crippen molar-refractivity contribution in [2.45, 2.75) is 57.1 Å². The normalized spacial score (nSPS) is 32.1. The molecular weight excluding hydrogens is 212 g/mol. The van der Waals surface area contributed by atoms with Crippen molar-refractivity contribution in [3.8, 4) is 0 Å². The molecular formula is C14H28N2O. The average Bonchev–Trinajstić information content (AvgIpc) is 2.89. The summed E-state index contributed by atoms with van der Waals surface area (Å²) in [4.78, 5) is 2.60. The number of hydrogen-bond acceptors (Lipinski definition) is 3. The summed E-state index contributed by atoms with van der Waals surface area (Å²) in [5, 5.41) is 0. The number of piperidine rings is 1. The molecule has 0 aromatic heterocycles. The molecule has 3 nitrogen and oxygen atoms in total. The predicted molar refractivity (Wildman–Crippen MR) is 71.0 cm³/mol. The van der Waals surface area contributed by atoms with Crippen LogP contribution in [0.25, 0.3) is 0 Å². The summed E-state index contributed by atoms with van der Waals surface area (Å²) in [5.41, 5.74) is 5.90. The Morgan fingerprint density at radius 3 is 2.65 bits per heavy atom. The third-order valence-electron chi connectivity index (χ3n) is 4.69. The Morgan fingerprint density at radius 1 is 1.24 bits per heavy atom. The fraction of sp³-hybridized carbons (Fsp3) is 1.00. The third-order valence-corrected chi connectivity index (χ3v) is 4.69. The lowest BCUT2D eigenvalue weighted by molar-refractivity contribution is 0.0116. The van der Waals surface area contributed by atoms with E-state index in [0.717, 1.165) is 18.9 Å². The van der Waals surface area contributed by atoms with E-state index in [4.69, 9.17) is 10.5 Å². The zero-order valence-electron chi connectivity index (χ0n) is 11.2. The van der Waals surface area contributed by atoms with E-state index in [-0.39, 0.29) is 0 Å². The lowest BCUT2D eigenvalue weighted by Crippen LogP contribution is -2.49. The molecule has 0 aromatic rings. The highest BCUT2D eigenvalue weighted by molar-refractivity contribution is 4.83. The summed E-state index contributed by atoms with van der Waals surface area (Å²) in [6.45, 7) is 3.21. The topological polar surface area (TPSA) is 38.5 Å². The van der Waals surface area contributed by atoms with Crippen molar-refractivity contribution in [2.75, 3.05) is 26.7 Å². The molecule has 0 radical (unpaired) electrons. The largest absolute Gasteiger partial charge is 0.381 e. The third kappa shape index (κ3) is 3.67. The van der Waals surface area contributed by atoms with Crippen LogP contribution < -0.4 is 5.73 Å². The molecule has 2 unspecified atom stereocenters. The van der Waals surface area contributed by atoms with Crippen molar-refractivity contribution in [1.29, 1.82) is 0 Å². The monoisotopic (exact) mass is 240 g/mol. The highest BCUT2D eigenvalue weighted by Crippen LogP contribution is 2.28. The maximum atomic E-state index is 5.90. The predicted octanol–water partition coefficient (Wildman–Crippen LogP) is 2.00. The summed E-state index contributed by atoms with van der Waals surface area (Å²) < 4.78 is 5.47. The minimum atomic E-state index is 0.436. The van der Waals surface area contributed by atoms with Crippen LogP contribution in [-0.4, -0.2) is 43.8 Å². The Morgan fingerprint density at radius 2 is 2.00 bits per heavy atom. The number of likely N-dealkylation sites (tertiary alicyclic amines) is 1. The molecule has 0 bridgehead atoms. The van der Waals surface area contributed by atoms with Gasteiger partial charge in [0.1, 0.15) is 0 Å². The highest BCUT2D eigenvalue weighted by atomic mass is 16.5. The van der Waals surface area contributed by atoms with E-state index in [0.29, 0.717) is 12.1 Å². The van der Waals surface area contributed by atoms with Gasteiger partial charge in [0.05, 0.1) is 6.10 Å². The van der Waals surface area contributed by atoms with Crippen LogP contribution in [0.15, 0.2) is 0 Å². The summed E-state index contributed by atoms with van der Waals surface area (Å²) in [5.74, 6) is 0.994. The van der Waals surface area contributed by atoms with E-state index in [2.05, 4.69) is 4.90 Å². The van der Waals surface area contributed by atoms with Gasteiger partial charge in [0.15, 0.2) is 0 Å². The first-order chi connectivity index (χ1) is 8.33. The molecule has 2 rings (SSSR count). The fourth-order valence-electron chi connectivity index (χ4n) is 3.46. The van der Waals surface area contributed by atoms with Crippen LogP contribution in [-0.2, 0) is 4.74 Å². The molecule has 17 heavy (non-hydrogen) atoms. The standard InChI is InChI=1S/C14H28N2O/c1-17-14-7-9-16(13(10-14)11-15)8-6-12-4-2-3-5-12/h12-14H,2-11,15H2,1H3. The van der Waals surface area contributed by atoms with Gasteiger partial charge in [-0.1, -0.05) is 25.7 Å². The zero-order chi connectivity index (χ0) is 12.1. The lowest BCUT2D eigenvalue weighted by Gasteiger charge is -2.38. The molecule has 100 valence electrons. The molecule has 2 N–H and O–H groups in total. The van der Waals surface area contributed by atoms with Crippen LogP contribution in [0.2, 0.25) is 0 Å². The molecule has 1 saturated carbocycles. The van der Waals surface area contributed by atoms with Crippen molar-refractivity contribution in [1.82, 2.24) is 4.90 Å². The maximum absolute atomic E-state index is 5.90. The van der Waals surface area contributed by atoms with Crippen LogP contribution >= 0.6 is 0 Å². The van der Waals surface area contributed by atoms with E-state index in [1.165, 1.54) is 51.6 Å². The van der Waals surface area contributed by atoms with Gasteiger partial charge in [-0.05, 0) is 31.7 Å². The number of ether oxygens (including phenoxy) is 1. The molecule has 0 amide bonds. The number of hydrogen-bond donors (Lipinski definition) is 1. The molecule has 3 heteroatoms. The summed E-state index contributed by atoms with van der Waals surface area (Å²) in [6, 6.07) is 0.551. The van der Waals surface area contributed by atoms with Gasteiger partial charge >= 0.3 is 0 Å². The highest BCUT2D eigenvalue weighted by Gasteiger charge is 2.27. The van der Waals surface area contributed by atoms with Crippen molar-refractivity contribution in [2.24, 2.45) is 11.7 Å². The molecule has 2 aliphatic rings. The first-order valence-corrected chi connectivity index (χ1v) is 7.30. The molecule has 1 aliphatic heterocycles. The first-order valence-electron chi connectivity index (χ1n) is 7.30. The van der Waals surface area contributed by atoms with Crippen LogP contribution in [0.1, 0.15) is 44.9 Å². The Hall–Kier alpha value is -0.120. The first kappa shape index (κ1) is 13.3. The Bertz CT molecular complexity index is 216.